The van der Waals surface area contributed by atoms with E-state index >= 15 is 0 Å². The van der Waals surface area contributed by atoms with Gasteiger partial charge in [0.05, 0.1) is 11.9 Å². The number of fused-ring (bicyclic) bond motifs is 3. The number of piperidine rings is 1. The zero-order chi connectivity index (χ0) is 23.3. The van der Waals surface area contributed by atoms with Crippen molar-refractivity contribution in [1.29, 1.82) is 0 Å². The van der Waals surface area contributed by atoms with Crippen molar-refractivity contribution in [2.45, 2.75) is 83.2 Å². The van der Waals surface area contributed by atoms with E-state index in [2.05, 4.69) is 49.6 Å². The zero-order valence-electron chi connectivity index (χ0n) is 20.4. The predicted molar refractivity (Wildman–Crippen MR) is 135 cm³/mol. The fourth-order valence-electron chi connectivity index (χ4n) is 6.12. The van der Waals surface area contributed by atoms with Crippen LogP contribution in [0, 0.1) is 0 Å². The van der Waals surface area contributed by atoms with Crippen molar-refractivity contribution in [2.24, 2.45) is 0 Å². The Kier molecular flexibility index (Phi) is 5.73. The minimum Gasteiger partial charge on any atom is -0.383 e. The SMILES string of the molecule is C=C(C)c1c(C2CC3CCC(C2)N3C)nc2c(-c3ccc(C(CC)CC)nc3)cnn2c1N. The van der Waals surface area contributed by atoms with E-state index in [-0.39, 0.29) is 0 Å². The molecule has 2 atom stereocenters. The molecule has 174 valence electrons. The second-order valence-electron chi connectivity index (χ2n) is 10.0. The van der Waals surface area contributed by atoms with Gasteiger partial charge in [0.2, 0.25) is 0 Å². The van der Waals surface area contributed by atoms with E-state index in [1.54, 1.807) is 4.52 Å². The van der Waals surface area contributed by atoms with Crippen molar-refractivity contribution < 1.29 is 0 Å². The van der Waals surface area contributed by atoms with Crippen molar-refractivity contribution >= 4 is 17.0 Å². The standard InChI is InChI=1S/C27H36N6/c1-6-17(7-2)23-11-8-18(14-29-23)22-15-30-33-26(28)24(16(3)4)25(31-27(22)33)19-12-20-9-10-21(13-19)32(20)5/h8,11,14-15,17,19-21H,3,6-7,9-10,12-13,28H2,1-2,4-5H3. The summed E-state index contributed by atoms with van der Waals surface area (Å²) in [6, 6.07) is 5.57. The molecule has 6 nitrogen and oxygen atoms in total. The van der Waals surface area contributed by atoms with Gasteiger partial charge in [-0.3, -0.25) is 4.98 Å². The van der Waals surface area contributed by atoms with Gasteiger partial charge < -0.3 is 10.6 Å². The Morgan fingerprint density at radius 1 is 1.15 bits per heavy atom. The Labute approximate surface area is 196 Å². The summed E-state index contributed by atoms with van der Waals surface area (Å²) in [4.78, 5) is 12.6. The first-order valence-corrected chi connectivity index (χ1v) is 12.4. The second kappa shape index (κ2) is 8.56. The van der Waals surface area contributed by atoms with Crippen LogP contribution in [-0.4, -0.2) is 43.6 Å². The summed E-state index contributed by atoms with van der Waals surface area (Å²) in [5.41, 5.74) is 13.7. The first-order chi connectivity index (χ1) is 15.9. The third kappa shape index (κ3) is 3.65. The third-order valence-electron chi connectivity index (χ3n) is 8.12. The van der Waals surface area contributed by atoms with Gasteiger partial charge in [0, 0.05) is 52.5 Å². The van der Waals surface area contributed by atoms with E-state index < -0.39 is 0 Å². The number of nitrogens with zero attached hydrogens (tertiary/aromatic N) is 5. The molecule has 0 aliphatic carbocycles. The molecule has 0 saturated carbocycles. The summed E-state index contributed by atoms with van der Waals surface area (Å²) in [7, 11) is 2.27. The topological polar surface area (TPSA) is 72.3 Å². The first-order valence-electron chi connectivity index (χ1n) is 12.4. The van der Waals surface area contributed by atoms with Crippen LogP contribution in [0.25, 0.3) is 22.3 Å². The van der Waals surface area contributed by atoms with Crippen LogP contribution >= 0.6 is 0 Å². The minimum atomic E-state index is 0.399. The van der Waals surface area contributed by atoms with Crippen LogP contribution < -0.4 is 5.73 Å². The van der Waals surface area contributed by atoms with Crippen LogP contribution in [0.5, 0.6) is 0 Å². The summed E-state index contributed by atoms with van der Waals surface area (Å²) in [6.45, 7) is 10.7. The maximum atomic E-state index is 6.70. The lowest BCUT2D eigenvalue weighted by molar-refractivity contribution is 0.160. The van der Waals surface area contributed by atoms with Crippen molar-refractivity contribution in [2.75, 3.05) is 12.8 Å². The van der Waals surface area contributed by atoms with Crippen LogP contribution in [0.15, 0.2) is 31.1 Å². The molecule has 2 unspecified atom stereocenters. The molecule has 2 saturated heterocycles. The quantitative estimate of drug-likeness (QED) is 0.532. The van der Waals surface area contributed by atoms with Crippen LogP contribution in [0.1, 0.15) is 88.1 Å². The van der Waals surface area contributed by atoms with Gasteiger partial charge in [-0.1, -0.05) is 26.5 Å². The van der Waals surface area contributed by atoms with Crippen LogP contribution in [-0.2, 0) is 0 Å². The molecular weight excluding hydrogens is 408 g/mol. The number of nitrogen functional groups attached to an aromatic ring is 1. The zero-order valence-corrected chi connectivity index (χ0v) is 20.4. The Balaban J connectivity index is 1.60. The van der Waals surface area contributed by atoms with Crippen molar-refractivity contribution in [1.82, 2.24) is 24.5 Å². The molecule has 3 aromatic heterocycles. The van der Waals surface area contributed by atoms with Crippen molar-refractivity contribution in [3.05, 3.63) is 48.1 Å². The number of nitrogens with two attached hydrogens (primary N) is 1. The van der Waals surface area contributed by atoms with Gasteiger partial charge in [0.15, 0.2) is 5.65 Å². The lowest BCUT2D eigenvalue weighted by atomic mass is 9.85. The summed E-state index contributed by atoms with van der Waals surface area (Å²) in [5, 5.41) is 4.62. The summed E-state index contributed by atoms with van der Waals surface area (Å²) in [5.74, 6) is 1.54. The average Bonchev–Trinajstić information content (AvgIpc) is 3.30. The lowest BCUT2D eigenvalue weighted by Crippen LogP contribution is -2.39. The molecule has 0 aromatic carbocycles. The molecule has 0 spiro atoms. The van der Waals surface area contributed by atoms with E-state index in [0.717, 1.165) is 65.0 Å². The number of hydrogen-bond acceptors (Lipinski definition) is 5. The highest BCUT2D eigenvalue weighted by Gasteiger charge is 2.40. The average molecular weight is 445 g/mol. The highest BCUT2D eigenvalue weighted by molar-refractivity contribution is 5.81. The highest BCUT2D eigenvalue weighted by atomic mass is 15.3. The number of anilines is 1. The number of aromatic nitrogens is 4. The monoisotopic (exact) mass is 444 g/mol. The normalized spacial score (nSPS) is 23.0. The summed E-state index contributed by atoms with van der Waals surface area (Å²) >= 11 is 0. The van der Waals surface area contributed by atoms with E-state index in [0.29, 0.717) is 29.7 Å². The number of allylic oxidation sites excluding steroid dienone is 1. The van der Waals surface area contributed by atoms with Gasteiger partial charge in [-0.05, 0) is 64.1 Å². The molecule has 6 heteroatoms. The Bertz CT molecular complexity index is 1160. The van der Waals surface area contributed by atoms with Crippen molar-refractivity contribution in [3.8, 4) is 11.1 Å². The van der Waals surface area contributed by atoms with Crippen molar-refractivity contribution in [3.63, 3.8) is 0 Å². The fraction of sp³-hybridized carbons (Fsp3) is 0.519. The third-order valence-corrected chi connectivity index (χ3v) is 8.12. The van der Waals surface area contributed by atoms with E-state index in [4.69, 9.17) is 15.7 Å². The smallest absolute Gasteiger partial charge is 0.165 e. The molecule has 0 amide bonds. The fourth-order valence-corrected chi connectivity index (χ4v) is 6.12. The molecule has 2 N–H and O–H groups in total. The van der Waals surface area contributed by atoms with Gasteiger partial charge in [0.25, 0.3) is 0 Å². The highest BCUT2D eigenvalue weighted by Crippen LogP contribution is 2.44. The Morgan fingerprint density at radius 2 is 1.85 bits per heavy atom. The van der Waals surface area contributed by atoms with E-state index in [1.807, 2.05) is 19.3 Å². The predicted octanol–water partition coefficient (Wildman–Crippen LogP) is 5.65. The molecule has 0 radical (unpaired) electrons. The van der Waals surface area contributed by atoms with E-state index in [9.17, 15) is 0 Å². The maximum absolute atomic E-state index is 6.70. The van der Waals surface area contributed by atoms with E-state index in [1.165, 1.54) is 12.8 Å². The maximum Gasteiger partial charge on any atom is 0.165 e. The first kappa shape index (κ1) is 22.1. The number of hydrogen-bond donors (Lipinski definition) is 1. The van der Waals surface area contributed by atoms with Gasteiger partial charge >= 0.3 is 0 Å². The van der Waals surface area contributed by atoms with Crippen LogP contribution in [0.4, 0.5) is 5.82 Å². The molecule has 3 aromatic rings. The Morgan fingerprint density at radius 3 is 2.42 bits per heavy atom. The largest absolute Gasteiger partial charge is 0.383 e. The second-order valence-corrected chi connectivity index (χ2v) is 10.0. The van der Waals surface area contributed by atoms with Gasteiger partial charge in [-0.25, -0.2) is 4.98 Å². The van der Waals surface area contributed by atoms with Gasteiger partial charge in [-0.2, -0.15) is 9.61 Å². The summed E-state index contributed by atoms with van der Waals surface area (Å²) < 4.78 is 1.78. The minimum absolute atomic E-state index is 0.399. The molecule has 2 aliphatic rings. The molecule has 2 fully saturated rings. The Hall–Kier alpha value is -2.73. The number of pyridine rings is 1. The molecule has 2 aliphatic heterocycles. The molecular formula is C27H36N6. The van der Waals surface area contributed by atoms with Crippen LogP contribution in [0.3, 0.4) is 0 Å². The van der Waals surface area contributed by atoms with Gasteiger partial charge in [-0.15, -0.1) is 0 Å². The summed E-state index contributed by atoms with van der Waals surface area (Å²) in [6.07, 6.45) is 10.9. The molecule has 2 bridgehead atoms. The molecule has 5 rings (SSSR count). The molecule has 5 heterocycles. The van der Waals surface area contributed by atoms with Gasteiger partial charge in [0.1, 0.15) is 5.82 Å². The van der Waals surface area contributed by atoms with Crippen LogP contribution in [0.2, 0.25) is 0 Å². The number of rotatable bonds is 6. The molecule has 33 heavy (non-hydrogen) atoms. The lowest BCUT2D eigenvalue weighted by Gasteiger charge is -2.36.